The normalized spacial score (nSPS) is 15.0. The zero-order chi connectivity index (χ0) is 26.0. The van der Waals surface area contributed by atoms with E-state index in [4.69, 9.17) is 21.1 Å². The summed E-state index contributed by atoms with van der Waals surface area (Å²) in [5.41, 5.74) is 3.81. The van der Waals surface area contributed by atoms with Gasteiger partial charge < -0.3 is 19.7 Å². The first kappa shape index (κ1) is 25.3. The second-order valence-electron chi connectivity index (χ2n) is 10.1. The lowest BCUT2D eigenvalue weighted by Crippen LogP contribution is -2.27. The van der Waals surface area contributed by atoms with Crippen molar-refractivity contribution in [1.82, 2.24) is 10.2 Å². The minimum Gasteiger partial charge on any atom is -0.454 e. The smallest absolute Gasteiger partial charge is 0.251 e. The first-order valence-corrected chi connectivity index (χ1v) is 13.0. The maximum atomic E-state index is 13.4. The Kier molecular flexibility index (Phi) is 7.22. The molecule has 0 atom stereocenters. The molecule has 7 heteroatoms. The Hall–Kier alpha value is -3.35. The van der Waals surface area contributed by atoms with Crippen LogP contribution < -0.4 is 14.8 Å². The number of ketones is 1. The van der Waals surface area contributed by atoms with E-state index in [0.717, 1.165) is 53.8 Å². The molecule has 192 valence electrons. The molecule has 0 radical (unpaired) electrons. The minimum absolute atomic E-state index is 0.0889. The molecule has 1 amide bonds. The zero-order valence-corrected chi connectivity index (χ0v) is 21.9. The lowest BCUT2D eigenvalue weighted by Gasteiger charge is -2.16. The number of carbonyl (C=O) groups excluding carboxylic acids is 2. The molecule has 1 aliphatic carbocycles. The van der Waals surface area contributed by atoms with Crippen molar-refractivity contribution in [2.75, 3.05) is 34.0 Å². The predicted octanol–water partition coefficient (Wildman–Crippen LogP) is 5.26. The van der Waals surface area contributed by atoms with Gasteiger partial charge in [-0.2, -0.15) is 0 Å². The van der Waals surface area contributed by atoms with Crippen LogP contribution in [-0.2, 0) is 16.6 Å². The Labute approximate surface area is 222 Å². The maximum absolute atomic E-state index is 13.4. The molecule has 1 aliphatic heterocycles. The van der Waals surface area contributed by atoms with Gasteiger partial charge in [-0.15, -0.1) is 0 Å². The number of hydrogen-bond donors (Lipinski definition) is 1. The fraction of sp³-hybridized carbons (Fsp3) is 0.333. The van der Waals surface area contributed by atoms with Crippen molar-refractivity contribution < 1.29 is 19.1 Å². The highest BCUT2D eigenvalue weighted by atomic mass is 35.5. The number of rotatable bonds is 10. The molecule has 5 rings (SSSR count). The van der Waals surface area contributed by atoms with Crippen molar-refractivity contribution in [3.63, 3.8) is 0 Å². The first-order chi connectivity index (χ1) is 17.9. The molecule has 0 saturated heterocycles. The highest BCUT2D eigenvalue weighted by Gasteiger charge is 2.50. The van der Waals surface area contributed by atoms with Gasteiger partial charge in [-0.05, 0) is 93.0 Å². The van der Waals surface area contributed by atoms with Gasteiger partial charge in [0.2, 0.25) is 6.79 Å². The Morgan fingerprint density at radius 3 is 2.46 bits per heavy atom. The molecule has 1 N–H and O–H groups in total. The number of Topliss-reactive ketones (excluding diaryl/α,β-unsaturated/α-hetero) is 1. The molecule has 1 fully saturated rings. The molecule has 0 unspecified atom stereocenters. The molecule has 6 nitrogen and oxygen atoms in total. The van der Waals surface area contributed by atoms with Crippen LogP contribution in [0.1, 0.15) is 40.7 Å². The maximum Gasteiger partial charge on any atom is 0.251 e. The van der Waals surface area contributed by atoms with Gasteiger partial charge in [0, 0.05) is 29.1 Å². The van der Waals surface area contributed by atoms with E-state index < -0.39 is 5.41 Å². The van der Waals surface area contributed by atoms with Gasteiger partial charge in [0.1, 0.15) is 5.78 Å². The second kappa shape index (κ2) is 10.6. The van der Waals surface area contributed by atoms with Gasteiger partial charge in [-0.3, -0.25) is 9.59 Å². The van der Waals surface area contributed by atoms with Crippen LogP contribution in [0.5, 0.6) is 11.5 Å². The number of ether oxygens (including phenoxy) is 2. The summed E-state index contributed by atoms with van der Waals surface area (Å²) < 4.78 is 10.9. The third-order valence-corrected chi connectivity index (χ3v) is 7.46. The van der Waals surface area contributed by atoms with Crippen molar-refractivity contribution in [2.24, 2.45) is 0 Å². The van der Waals surface area contributed by atoms with Crippen LogP contribution in [0.4, 0.5) is 0 Å². The molecule has 1 heterocycles. The van der Waals surface area contributed by atoms with Gasteiger partial charge in [-0.25, -0.2) is 0 Å². The van der Waals surface area contributed by atoms with E-state index in [9.17, 15) is 9.59 Å². The number of fused-ring (bicyclic) bond motifs is 1. The van der Waals surface area contributed by atoms with E-state index in [0.29, 0.717) is 29.3 Å². The molecule has 0 bridgehead atoms. The number of hydrogen-bond acceptors (Lipinski definition) is 5. The summed E-state index contributed by atoms with van der Waals surface area (Å²) in [4.78, 5) is 28.0. The molecule has 37 heavy (non-hydrogen) atoms. The summed E-state index contributed by atoms with van der Waals surface area (Å²) in [5.74, 6) is 1.54. The zero-order valence-electron chi connectivity index (χ0n) is 21.2. The van der Waals surface area contributed by atoms with Crippen LogP contribution >= 0.6 is 11.6 Å². The number of halogens is 1. The molecule has 0 aromatic heterocycles. The van der Waals surface area contributed by atoms with E-state index in [1.807, 2.05) is 74.8 Å². The van der Waals surface area contributed by atoms with Crippen molar-refractivity contribution in [1.29, 1.82) is 0 Å². The lowest BCUT2D eigenvalue weighted by molar-refractivity contribution is -0.120. The largest absolute Gasteiger partial charge is 0.454 e. The standard InChI is InChI=1S/C30H31ClN2O4/c1-33(2)15-3-14-32-29(35)22-7-5-21(6-8-22)24-16-20(4-10-25(24)31)17-28(34)30(12-13-30)23-9-11-26-27(18-23)37-19-36-26/h4-11,16,18H,3,12-15,17,19H2,1-2H3,(H,32,35). The minimum atomic E-state index is -0.456. The third-order valence-electron chi connectivity index (χ3n) is 7.13. The van der Waals surface area contributed by atoms with Crippen LogP contribution in [-0.4, -0.2) is 50.6 Å². The van der Waals surface area contributed by atoms with Gasteiger partial charge in [0.25, 0.3) is 5.91 Å². The van der Waals surface area contributed by atoms with Crippen LogP contribution in [0.3, 0.4) is 0 Å². The number of nitrogens with zero attached hydrogens (tertiary/aromatic N) is 1. The molecule has 3 aromatic carbocycles. The van der Waals surface area contributed by atoms with Crippen LogP contribution in [0.25, 0.3) is 11.1 Å². The van der Waals surface area contributed by atoms with E-state index in [1.54, 1.807) is 0 Å². The Balaban J connectivity index is 1.27. The lowest BCUT2D eigenvalue weighted by atomic mass is 9.87. The molecule has 0 spiro atoms. The van der Waals surface area contributed by atoms with Crippen LogP contribution in [0.15, 0.2) is 60.7 Å². The fourth-order valence-corrected chi connectivity index (χ4v) is 5.03. The number of amides is 1. The average Bonchev–Trinajstić information content (AvgIpc) is 3.58. The summed E-state index contributed by atoms with van der Waals surface area (Å²) >= 11 is 6.54. The summed E-state index contributed by atoms with van der Waals surface area (Å²) in [6.07, 6.45) is 2.90. The van der Waals surface area contributed by atoms with Gasteiger partial charge in [0.05, 0.1) is 5.41 Å². The highest BCUT2D eigenvalue weighted by molar-refractivity contribution is 6.33. The van der Waals surface area contributed by atoms with Gasteiger partial charge in [-0.1, -0.05) is 35.9 Å². The van der Waals surface area contributed by atoms with Crippen molar-refractivity contribution in [3.05, 3.63) is 82.4 Å². The van der Waals surface area contributed by atoms with E-state index >= 15 is 0 Å². The summed E-state index contributed by atoms with van der Waals surface area (Å²) in [5, 5.41) is 3.56. The van der Waals surface area contributed by atoms with Gasteiger partial charge in [0.15, 0.2) is 11.5 Å². The monoisotopic (exact) mass is 518 g/mol. The average molecular weight is 519 g/mol. The van der Waals surface area contributed by atoms with E-state index in [2.05, 4.69) is 10.2 Å². The Morgan fingerprint density at radius 1 is 0.973 bits per heavy atom. The van der Waals surface area contributed by atoms with Crippen molar-refractivity contribution >= 4 is 23.3 Å². The van der Waals surface area contributed by atoms with Crippen molar-refractivity contribution in [3.8, 4) is 22.6 Å². The molecular formula is C30H31ClN2O4. The second-order valence-corrected chi connectivity index (χ2v) is 10.5. The topological polar surface area (TPSA) is 67.9 Å². The molecule has 2 aliphatic rings. The fourth-order valence-electron chi connectivity index (χ4n) is 4.81. The van der Waals surface area contributed by atoms with E-state index in [1.165, 1.54) is 0 Å². The molecular weight excluding hydrogens is 488 g/mol. The number of benzene rings is 3. The van der Waals surface area contributed by atoms with Crippen LogP contribution in [0, 0.1) is 0 Å². The summed E-state index contributed by atoms with van der Waals surface area (Å²) in [7, 11) is 4.03. The van der Waals surface area contributed by atoms with E-state index in [-0.39, 0.29) is 18.5 Å². The SMILES string of the molecule is CN(C)CCCNC(=O)c1ccc(-c2cc(CC(=O)C3(c4ccc5c(c4)OCO5)CC3)ccc2Cl)cc1. The highest BCUT2D eigenvalue weighted by Crippen LogP contribution is 2.51. The Bertz CT molecular complexity index is 1320. The number of nitrogens with one attached hydrogen (secondary N) is 1. The van der Waals surface area contributed by atoms with Gasteiger partial charge >= 0.3 is 0 Å². The summed E-state index contributed by atoms with van der Waals surface area (Å²) in [6.45, 7) is 1.78. The first-order valence-electron chi connectivity index (χ1n) is 12.6. The predicted molar refractivity (Wildman–Crippen MR) is 145 cm³/mol. The third kappa shape index (κ3) is 5.50. The Morgan fingerprint density at radius 2 is 1.73 bits per heavy atom. The number of carbonyl (C=O) groups is 2. The van der Waals surface area contributed by atoms with Crippen LogP contribution in [0.2, 0.25) is 5.02 Å². The molecule has 1 saturated carbocycles. The molecule has 3 aromatic rings. The van der Waals surface area contributed by atoms with Crippen molar-refractivity contribution in [2.45, 2.75) is 31.1 Å². The summed E-state index contributed by atoms with van der Waals surface area (Å²) in [6, 6.07) is 19.0. The quantitative estimate of drug-likeness (QED) is 0.371.